The van der Waals surface area contributed by atoms with E-state index in [1.807, 2.05) is 34.9 Å². The number of rotatable bonds is 5. The van der Waals surface area contributed by atoms with Crippen molar-refractivity contribution in [2.45, 2.75) is 18.9 Å². The van der Waals surface area contributed by atoms with Crippen LogP contribution < -0.4 is 19.6 Å². The number of hydrogen-bond acceptors (Lipinski definition) is 7. The minimum atomic E-state index is -0.701. The summed E-state index contributed by atoms with van der Waals surface area (Å²) in [5, 5.41) is 11.0. The molecule has 8 nitrogen and oxygen atoms in total. The fraction of sp³-hybridized carbons (Fsp3) is 0.0882. The van der Waals surface area contributed by atoms with Gasteiger partial charge >= 0.3 is 5.97 Å². The number of carbonyl (C=O) groups is 1. The highest BCUT2D eigenvalue weighted by Gasteiger charge is 2.32. The largest absolute Gasteiger partial charge is 0.423 e. The molecule has 5 aromatic rings. The Morgan fingerprint density at radius 3 is 2.55 bits per heavy atom. The normalized spacial score (nSPS) is 15.6. The van der Waals surface area contributed by atoms with Gasteiger partial charge in [0.05, 0.1) is 26.8 Å². The van der Waals surface area contributed by atoms with Crippen molar-refractivity contribution >= 4 is 50.7 Å². The molecular weight excluding hydrogens is 642 g/mol. The summed E-state index contributed by atoms with van der Waals surface area (Å²) in [7, 11) is 0. The molecule has 1 aromatic heterocycles. The fourth-order valence-electron chi connectivity index (χ4n) is 5.66. The lowest BCUT2D eigenvalue weighted by molar-refractivity contribution is -0.384. The first-order chi connectivity index (χ1) is 21.4. The van der Waals surface area contributed by atoms with E-state index < -0.39 is 10.9 Å². The van der Waals surface area contributed by atoms with Gasteiger partial charge in [0.1, 0.15) is 5.75 Å². The van der Waals surface area contributed by atoms with E-state index in [-0.39, 0.29) is 28.6 Å². The third-order valence-electron chi connectivity index (χ3n) is 7.74. The van der Waals surface area contributed by atoms with Gasteiger partial charge in [-0.3, -0.25) is 19.5 Å². The van der Waals surface area contributed by atoms with E-state index in [1.165, 1.54) is 41.2 Å². The van der Waals surface area contributed by atoms with Gasteiger partial charge in [-0.25, -0.2) is 9.79 Å². The van der Waals surface area contributed by atoms with E-state index in [4.69, 9.17) is 9.73 Å². The number of hydrogen-bond donors (Lipinski definition) is 0. The van der Waals surface area contributed by atoms with Crippen molar-refractivity contribution in [2.24, 2.45) is 4.99 Å². The van der Waals surface area contributed by atoms with Crippen LogP contribution in [0.3, 0.4) is 0 Å². The maximum Gasteiger partial charge on any atom is 0.343 e. The molecule has 7 rings (SSSR count). The quantitative estimate of drug-likeness (QED) is 0.0963. The highest BCUT2D eigenvalue weighted by Crippen LogP contribution is 2.41. The Labute approximate surface area is 263 Å². The molecule has 0 saturated carbocycles. The SMILES string of the molecule is O=C(Oc1ccc(/C=c2/sc3n(c2=O)[C@H](c2ccc(Br)cc2)C2=C(N=3)c3ccccc3CC2)cc1)c1cccc([N+](=O)[O-])c1. The van der Waals surface area contributed by atoms with Gasteiger partial charge in [0, 0.05) is 22.2 Å². The van der Waals surface area contributed by atoms with E-state index in [0.29, 0.717) is 9.33 Å². The van der Waals surface area contributed by atoms with Crippen LogP contribution in [-0.2, 0) is 6.42 Å². The molecule has 44 heavy (non-hydrogen) atoms. The predicted octanol–water partition coefficient (Wildman–Crippen LogP) is 6.21. The van der Waals surface area contributed by atoms with E-state index in [9.17, 15) is 19.7 Å². The van der Waals surface area contributed by atoms with E-state index in [2.05, 4.69) is 40.2 Å². The number of aromatic nitrogens is 1. The molecule has 10 heteroatoms. The second-order valence-corrected chi connectivity index (χ2v) is 12.4. The molecule has 0 saturated heterocycles. The summed E-state index contributed by atoms with van der Waals surface area (Å²) in [5.74, 6) is -0.421. The minimum Gasteiger partial charge on any atom is -0.423 e. The predicted molar refractivity (Wildman–Crippen MR) is 171 cm³/mol. The van der Waals surface area contributed by atoms with Gasteiger partial charge in [0.2, 0.25) is 0 Å². The maximum absolute atomic E-state index is 14.0. The van der Waals surface area contributed by atoms with Crippen LogP contribution in [0.2, 0.25) is 0 Å². The number of ether oxygens (including phenoxy) is 1. The van der Waals surface area contributed by atoms with Gasteiger partial charge in [-0.2, -0.15) is 0 Å². The van der Waals surface area contributed by atoms with E-state index in [1.54, 1.807) is 24.3 Å². The average molecular weight is 665 g/mol. The number of halogens is 1. The van der Waals surface area contributed by atoms with E-state index >= 15 is 0 Å². The Morgan fingerprint density at radius 2 is 1.77 bits per heavy atom. The second kappa shape index (κ2) is 11.3. The number of benzene rings is 4. The first kappa shape index (κ1) is 27.9. The Hall–Kier alpha value is -4.93. The molecule has 0 bridgehead atoms. The zero-order valence-corrected chi connectivity index (χ0v) is 25.4. The van der Waals surface area contributed by atoms with Crippen molar-refractivity contribution in [1.82, 2.24) is 4.57 Å². The number of allylic oxidation sites excluding steroid dienone is 1. The average Bonchev–Trinajstić information content (AvgIpc) is 3.35. The Balaban J connectivity index is 1.25. The lowest BCUT2D eigenvalue weighted by atomic mass is 9.83. The summed E-state index contributed by atoms with van der Waals surface area (Å²) >= 11 is 4.88. The molecule has 1 aliphatic carbocycles. The summed E-state index contributed by atoms with van der Waals surface area (Å²) in [6, 6.07) is 28.3. The molecule has 2 heterocycles. The van der Waals surface area contributed by atoms with Crippen molar-refractivity contribution in [1.29, 1.82) is 0 Å². The summed E-state index contributed by atoms with van der Waals surface area (Å²) in [6.07, 6.45) is 3.52. The highest BCUT2D eigenvalue weighted by atomic mass is 79.9. The molecule has 216 valence electrons. The molecule has 2 aliphatic rings. The molecule has 0 unspecified atom stereocenters. The number of esters is 1. The van der Waals surface area contributed by atoms with E-state index in [0.717, 1.165) is 45.3 Å². The number of nitro groups is 1. The van der Waals surface area contributed by atoms with Gasteiger partial charge in [-0.05, 0) is 71.5 Å². The molecule has 0 N–H and O–H groups in total. The maximum atomic E-state index is 14.0. The van der Waals surface area contributed by atoms with Crippen LogP contribution in [-0.4, -0.2) is 15.5 Å². The summed E-state index contributed by atoms with van der Waals surface area (Å²) in [5.41, 5.74) is 6.00. The standard InChI is InChI=1S/C34H22BrN3O5S/c35-24-13-10-22(11-14-24)31-28-17-12-21-4-1-2-7-27(21)30(28)36-34-37(31)32(39)29(44-34)18-20-8-15-26(16-9-20)43-33(40)23-5-3-6-25(19-23)38(41)42/h1-11,13-16,18-19,31H,12,17H2/b29-18+/t31-/m1/s1. The molecule has 1 aliphatic heterocycles. The molecular formula is C34H22BrN3O5S. The fourth-order valence-corrected chi connectivity index (χ4v) is 6.93. The van der Waals surface area contributed by atoms with Crippen LogP contribution in [0.4, 0.5) is 5.69 Å². The summed E-state index contributed by atoms with van der Waals surface area (Å²) in [4.78, 5) is 42.7. The van der Waals surface area contributed by atoms with Crippen LogP contribution in [0.1, 0.15) is 45.1 Å². The smallest absolute Gasteiger partial charge is 0.343 e. The Bertz CT molecular complexity index is 2180. The molecule has 4 aromatic carbocycles. The van der Waals surface area contributed by atoms with Crippen molar-refractivity contribution in [2.75, 3.05) is 0 Å². The number of nitrogens with zero attached hydrogens (tertiary/aromatic N) is 3. The lowest BCUT2D eigenvalue weighted by Crippen LogP contribution is -2.38. The van der Waals surface area contributed by atoms with Crippen LogP contribution in [0.15, 0.2) is 117 Å². The van der Waals surface area contributed by atoms with Crippen LogP contribution in [0, 0.1) is 10.1 Å². The number of carbonyl (C=O) groups excluding carboxylic acids is 1. The lowest BCUT2D eigenvalue weighted by Gasteiger charge is -2.30. The van der Waals surface area contributed by atoms with Crippen molar-refractivity contribution < 1.29 is 14.5 Å². The molecule has 0 spiro atoms. The number of fused-ring (bicyclic) bond motifs is 3. The number of aryl methyl sites for hydroxylation is 1. The van der Waals surface area contributed by atoms with Crippen LogP contribution in [0.5, 0.6) is 5.75 Å². The zero-order valence-electron chi connectivity index (χ0n) is 23.0. The number of nitro benzene ring substituents is 1. The molecule has 0 radical (unpaired) electrons. The summed E-state index contributed by atoms with van der Waals surface area (Å²) in [6.45, 7) is 0. The zero-order chi connectivity index (χ0) is 30.4. The van der Waals surface area contributed by atoms with Crippen LogP contribution in [0.25, 0.3) is 11.8 Å². The summed E-state index contributed by atoms with van der Waals surface area (Å²) < 4.78 is 8.74. The first-order valence-electron chi connectivity index (χ1n) is 13.8. The van der Waals surface area contributed by atoms with Crippen molar-refractivity contribution in [3.8, 4) is 5.75 Å². The Kier molecular flexibility index (Phi) is 7.15. The van der Waals surface area contributed by atoms with Crippen molar-refractivity contribution in [3.05, 3.63) is 165 Å². The molecule has 1 atom stereocenters. The van der Waals surface area contributed by atoms with Gasteiger partial charge in [0.15, 0.2) is 4.80 Å². The van der Waals surface area contributed by atoms with Gasteiger partial charge < -0.3 is 4.74 Å². The first-order valence-corrected chi connectivity index (χ1v) is 15.4. The topological polar surface area (TPSA) is 104 Å². The van der Waals surface area contributed by atoms with Gasteiger partial charge in [-0.15, -0.1) is 0 Å². The second-order valence-electron chi connectivity index (χ2n) is 10.4. The number of non-ortho nitro benzene ring substituents is 1. The van der Waals surface area contributed by atoms with Crippen molar-refractivity contribution in [3.63, 3.8) is 0 Å². The monoisotopic (exact) mass is 663 g/mol. The molecule has 0 fully saturated rings. The highest BCUT2D eigenvalue weighted by molar-refractivity contribution is 9.10. The number of thiazole rings is 1. The molecule has 0 amide bonds. The van der Waals surface area contributed by atoms with Gasteiger partial charge in [-0.1, -0.05) is 81.9 Å². The third kappa shape index (κ3) is 5.12. The third-order valence-corrected chi connectivity index (χ3v) is 9.25. The van der Waals surface area contributed by atoms with Crippen LogP contribution >= 0.6 is 27.3 Å². The Morgan fingerprint density at radius 1 is 1.00 bits per heavy atom. The van der Waals surface area contributed by atoms with Gasteiger partial charge in [0.25, 0.3) is 11.2 Å². The minimum absolute atomic E-state index is 0.0787.